The molecule has 0 atom stereocenters. The van der Waals surface area contributed by atoms with Crippen LogP contribution >= 0.6 is 23.1 Å². The van der Waals surface area contributed by atoms with Gasteiger partial charge in [0, 0.05) is 6.42 Å². The van der Waals surface area contributed by atoms with Crippen LogP contribution in [0.2, 0.25) is 0 Å². The Bertz CT molecular complexity index is 498. The fourth-order valence-electron chi connectivity index (χ4n) is 1.44. The maximum atomic E-state index is 11.9. The van der Waals surface area contributed by atoms with Crippen molar-refractivity contribution in [2.75, 3.05) is 6.61 Å². The summed E-state index contributed by atoms with van der Waals surface area (Å²) in [6, 6.07) is 3.79. The molecule has 0 saturated carbocycles. The minimum atomic E-state index is -0.607. The number of nitrogens with one attached hydrogen (secondary N) is 1. The number of esters is 1. The molecule has 1 aromatic rings. The number of unbranched alkanes of at least 4 members (excludes halogenated alkanes) is 1. The van der Waals surface area contributed by atoms with Gasteiger partial charge in [0.25, 0.3) is 0 Å². The fraction of sp³-hybridized carbons (Fsp3) is 0.429. The van der Waals surface area contributed by atoms with Crippen molar-refractivity contribution in [2.24, 2.45) is 5.73 Å². The normalized spacial score (nSPS) is 11.7. The number of hydrogen-bond acceptors (Lipinski definition) is 6. The second-order valence-electron chi connectivity index (χ2n) is 4.15. The van der Waals surface area contributed by atoms with Gasteiger partial charge < -0.3 is 15.8 Å². The highest BCUT2D eigenvalue weighted by molar-refractivity contribution is 8.04. The number of amides is 1. The van der Waals surface area contributed by atoms with E-state index in [2.05, 4.69) is 5.32 Å². The van der Waals surface area contributed by atoms with Gasteiger partial charge in [-0.1, -0.05) is 31.2 Å². The van der Waals surface area contributed by atoms with E-state index in [9.17, 15) is 9.59 Å². The van der Waals surface area contributed by atoms with Gasteiger partial charge in [-0.3, -0.25) is 4.79 Å². The smallest absolute Gasteiger partial charge is 0.357 e. The molecule has 21 heavy (non-hydrogen) atoms. The van der Waals surface area contributed by atoms with E-state index in [1.54, 1.807) is 6.92 Å². The highest BCUT2D eigenvalue weighted by Gasteiger charge is 2.19. The fourth-order valence-corrected chi connectivity index (χ4v) is 3.11. The van der Waals surface area contributed by atoms with Crippen molar-refractivity contribution in [3.05, 3.63) is 28.2 Å². The molecule has 0 saturated heterocycles. The Hall–Kier alpha value is -1.47. The molecule has 116 valence electrons. The topological polar surface area (TPSA) is 81.4 Å². The molecule has 0 bridgehead atoms. The van der Waals surface area contributed by atoms with E-state index >= 15 is 0 Å². The molecule has 7 heteroatoms. The van der Waals surface area contributed by atoms with E-state index < -0.39 is 5.97 Å². The van der Waals surface area contributed by atoms with Crippen LogP contribution in [0.15, 0.2) is 32.4 Å². The predicted molar refractivity (Wildman–Crippen MR) is 85.7 cm³/mol. The maximum absolute atomic E-state index is 11.9. The summed E-state index contributed by atoms with van der Waals surface area (Å²) in [5.41, 5.74) is 5.98. The number of nitrogens with two attached hydrogens (primary N) is 1. The van der Waals surface area contributed by atoms with Crippen molar-refractivity contribution < 1.29 is 14.3 Å². The highest BCUT2D eigenvalue weighted by atomic mass is 32.2. The number of rotatable bonds is 8. The summed E-state index contributed by atoms with van der Waals surface area (Å²) in [4.78, 5) is 23.8. The van der Waals surface area contributed by atoms with Crippen LogP contribution in [0.25, 0.3) is 0 Å². The van der Waals surface area contributed by atoms with Crippen LogP contribution in [0.1, 0.15) is 33.1 Å². The largest absolute Gasteiger partial charge is 0.461 e. The molecule has 0 aromatic carbocycles. The van der Waals surface area contributed by atoms with Gasteiger partial charge in [0.2, 0.25) is 5.91 Å². The number of carbonyl (C=O) groups is 2. The van der Waals surface area contributed by atoms with Gasteiger partial charge >= 0.3 is 5.97 Å². The molecule has 0 fully saturated rings. The van der Waals surface area contributed by atoms with E-state index in [1.807, 2.05) is 24.4 Å². The summed E-state index contributed by atoms with van der Waals surface area (Å²) in [5, 5.41) is 4.73. The van der Waals surface area contributed by atoms with Crippen LogP contribution < -0.4 is 11.1 Å². The quantitative estimate of drug-likeness (QED) is 0.436. The third kappa shape index (κ3) is 6.22. The summed E-state index contributed by atoms with van der Waals surface area (Å²) < 4.78 is 5.89. The molecular weight excluding hydrogens is 308 g/mol. The highest BCUT2D eigenvalue weighted by Crippen LogP contribution is 2.29. The van der Waals surface area contributed by atoms with Crippen LogP contribution in [0.5, 0.6) is 0 Å². The van der Waals surface area contributed by atoms with Crippen molar-refractivity contribution in [3.63, 3.8) is 0 Å². The van der Waals surface area contributed by atoms with Crippen molar-refractivity contribution in [2.45, 2.75) is 37.3 Å². The van der Waals surface area contributed by atoms with Crippen LogP contribution in [-0.2, 0) is 14.3 Å². The lowest BCUT2D eigenvalue weighted by Crippen LogP contribution is -2.30. The molecule has 0 unspecified atom stereocenters. The average molecular weight is 328 g/mol. The molecule has 0 aliphatic carbocycles. The second kappa shape index (κ2) is 9.46. The molecule has 0 aliphatic rings. The zero-order valence-electron chi connectivity index (χ0n) is 12.2. The lowest BCUT2D eigenvalue weighted by Gasteiger charge is -2.11. The Morgan fingerprint density at radius 2 is 2.19 bits per heavy atom. The number of thioether (sulfide) groups is 1. The van der Waals surface area contributed by atoms with Gasteiger partial charge in [-0.2, -0.15) is 0 Å². The summed E-state index contributed by atoms with van der Waals surface area (Å²) in [7, 11) is 0. The monoisotopic (exact) mass is 328 g/mol. The van der Waals surface area contributed by atoms with Crippen LogP contribution in [0.4, 0.5) is 0 Å². The minimum absolute atomic E-state index is 0.0244. The Labute approximate surface area is 132 Å². The molecule has 0 aliphatic heterocycles. The Morgan fingerprint density at radius 3 is 2.76 bits per heavy atom. The predicted octanol–water partition coefficient (Wildman–Crippen LogP) is 2.84. The van der Waals surface area contributed by atoms with Gasteiger partial charge in [-0.25, -0.2) is 4.79 Å². The SMILES string of the molecule is CCCCC(=O)N/C(C(=O)OCC)=C(\N)Sc1cccs1. The lowest BCUT2D eigenvalue weighted by atomic mass is 10.2. The van der Waals surface area contributed by atoms with Gasteiger partial charge in [0.15, 0.2) is 5.70 Å². The molecule has 1 rings (SSSR count). The zero-order chi connectivity index (χ0) is 15.7. The van der Waals surface area contributed by atoms with Crippen molar-refractivity contribution in [1.29, 1.82) is 0 Å². The summed E-state index contributed by atoms with van der Waals surface area (Å²) in [6.07, 6.45) is 2.03. The second-order valence-corrected chi connectivity index (χ2v) is 6.44. The van der Waals surface area contributed by atoms with E-state index in [0.29, 0.717) is 6.42 Å². The first kappa shape index (κ1) is 17.6. The van der Waals surface area contributed by atoms with Crippen LogP contribution in [0, 0.1) is 0 Å². The Kier molecular flexibility index (Phi) is 7.92. The van der Waals surface area contributed by atoms with Crippen molar-refractivity contribution >= 4 is 35.0 Å². The van der Waals surface area contributed by atoms with E-state index in [4.69, 9.17) is 10.5 Å². The number of ether oxygens (including phenoxy) is 1. The summed E-state index contributed by atoms with van der Waals surface area (Å²) in [5.74, 6) is -0.835. The lowest BCUT2D eigenvalue weighted by molar-refractivity contribution is -0.140. The minimum Gasteiger partial charge on any atom is -0.461 e. The van der Waals surface area contributed by atoms with Crippen LogP contribution in [0.3, 0.4) is 0 Å². The third-order valence-electron chi connectivity index (χ3n) is 2.45. The Balaban J connectivity index is 2.84. The van der Waals surface area contributed by atoms with Gasteiger partial charge in [-0.15, -0.1) is 11.3 Å². The average Bonchev–Trinajstić information content (AvgIpc) is 2.95. The van der Waals surface area contributed by atoms with E-state index in [1.165, 1.54) is 23.1 Å². The number of carbonyl (C=O) groups excluding carboxylic acids is 2. The first-order valence-electron chi connectivity index (χ1n) is 6.76. The van der Waals surface area contributed by atoms with Crippen molar-refractivity contribution in [3.8, 4) is 0 Å². The van der Waals surface area contributed by atoms with E-state index in [0.717, 1.165) is 17.1 Å². The summed E-state index contributed by atoms with van der Waals surface area (Å²) in [6.45, 7) is 3.93. The van der Waals surface area contributed by atoms with Gasteiger partial charge in [-0.05, 0) is 24.8 Å². The van der Waals surface area contributed by atoms with Gasteiger partial charge in [0.1, 0.15) is 5.03 Å². The molecular formula is C14H20N2O3S2. The van der Waals surface area contributed by atoms with Crippen LogP contribution in [-0.4, -0.2) is 18.5 Å². The molecule has 1 aromatic heterocycles. The molecule has 1 amide bonds. The first-order chi connectivity index (χ1) is 10.1. The molecule has 5 nitrogen and oxygen atoms in total. The standard InChI is InChI=1S/C14H20N2O3S2/c1-3-5-7-10(17)16-12(14(18)19-4-2)13(15)21-11-8-6-9-20-11/h6,8-9H,3-5,7,15H2,1-2H3,(H,16,17)/b13-12+. The molecule has 0 spiro atoms. The van der Waals surface area contributed by atoms with Crippen molar-refractivity contribution in [1.82, 2.24) is 5.32 Å². The van der Waals surface area contributed by atoms with Gasteiger partial charge in [0.05, 0.1) is 10.8 Å². The van der Waals surface area contributed by atoms with E-state index in [-0.39, 0.29) is 23.2 Å². The first-order valence-corrected chi connectivity index (χ1v) is 8.46. The maximum Gasteiger partial charge on any atom is 0.357 e. The molecule has 1 heterocycles. The summed E-state index contributed by atoms with van der Waals surface area (Å²) >= 11 is 2.75. The molecule has 0 radical (unpaired) electrons. The third-order valence-corrected chi connectivity index (χ3v) is 4.41. The Morgan fingerprint density at radius 1 is 1.43 bits per heavy atom. The molecule has 3 N–H and O–H groups in total. The zero-order valence-corrected chi connectivity index (χ0v) is 13.8. The number of thiophene rings is 1. The number of hydrogen-bond donors (Lipinski definition) is 2.